The number of sulfonamides is 1. The molecule has 1 N–H and O–H groups in total. The third-order valence-corrected chi connectivity index (χ3v) is 6.88. The van der Waals surface area contributed by atoms with Gasteiger partial charge < -0.3 is 4.90 Å². The van der Waals surface area contributed by atoms with Crippen LogP contribution in [0, 0.1) is 0 Å². The van der Waals surface area contributed by atoms with Crippen molar-refractivity contribution in [3.63, 3.8) is 0 Å². The number of hydrogen-bond donors (Lipinski definition) is 1. The highest BCUT2D eigenvalue weighted by atomic mass is 32.2. The largest absolute Gasteiger partial charge is 0.325 e. The van der Waals surface area contributed by atoms with Gasteiger partial charge in [0.15, 0.2) is 5.03 Å². The number of nitrogens with zero attached hydrogens (tertiary/aromatic N) is 4. The van der Waals surface area contributed by atoms with Crippen LogP contribution in [0.2, 0.25) is 0 Å². The first kappa shape index (κ1) is 20.1. The van der Waals surface area contributed by atoms with E-state index in [1.165, 1.54) is 40.2 Å². The molecular weight excluding hydrogens is 426 g/mol. The molecule has 154 valence electrons. The van der Waals surface area contributed by atoms with E-state index in [4.69, 9.17) is 0 Å². The molecule has 1 aromatic carbocycles. The maximum absolute atomic E-state index is 12.7. The molecule has 1 aliphatic heterocycles. The molecular formula is C19H17N5O4S2. The lowest BCUT2D eigenvalue weighted by atomic mass is 10.2. The Morgan fingerprint density at radius 3 is 2.70 bits per heavy atom. The van der Waals surface area contributed by atoms with Gasteiger partial charge in [-0.3, -0.25) is 14.6 Å². The summed E-state index contributed by atoms with van der Waals surface area (Å²) in [6, 6.07) is 8.25. The van der Waals surface area contributed by atoms with Gasteiger partial charge in [-0.05, 0) is 12.8 Å². The number of nitrogens with one attached hydrogen (secondary N) is 1. The van der Waals surface area contributed by atoms with Gasteiger partial charge in [0.25, 0.3) is 21.8 Å². The van der Waals surface area contributed by atoms with E-state index in [0.717, 1.165) is 5.56 Å². The molecule has 0 spiro atoms. The molecule has 4 rings (SSSR count). The van der Waals surface area contributed by atoms with E-state index < -0.39 is 27.9 Å². The van der Waals surface area contributed by atoms with Crippen molar-refractivity contribution in [2.24, 2.45) is 0 Å². The highest BCUT2D eigenvalue weighted by Gasteiger charge is 2.37. The molecule has 1 atom stereocenters. The fourth-order valence-corrected chi connectivity index (χ4v) is 5.30. The number of thiazole rings is 1. The van der Waals surface area contributed by atoms with E-state index in [1.807, 2.05) is 30.3 Å². The highest BCUT2D eigenvalue weighted by Crippen LogP contribution is 2.26. The number of aromatic nitrogens is 3. The quantitative estimate of drug-likeness (QED) is 0.637. The summed E-state index contributed by atoms with van der Waals surface area (Å²) in [7, 11) is -4.16. The van der Waals surface area contributed by atoms with Gasteiger partial charge in [-0.2, -0.15) is 8.42 Å². The Kier molecular flexibility index (Phi) is 5.55. The van der Waals surface area contributed by atoms with E-state index in [-0.39, 0.29) is 10.7 Å². The van der Waals surface area contributed by atoms with E-state index in [2.05, 4.69) is 19.7 Å². The molecule has 9 nitrogen and oxygen atoms in total. The zero-order valence-electron chi connectivity index (χ0n) is 15.6. The van der Waals surface area contributed by atoms with Gasteiger partial charge in [0.2, 0.25) is 0 Å². The number of likely N-dealkylation sites (tertiary alicyclic amines) is 1. The average Bonchev–Trinajstić information content (AvgIpc) is 3.45. The first-order chi connectivity index (χ1) is 14.5. The molecule has 1 fully saturated rings. The Balaban J connectivity index is 1.50. The minimum absolute atomic E-state index is 0.104. The molecule has 2 amide bonds. The van der Waals surface area contributed by atoms with Gasteiger partial charge in [-0.15, -0.1) is 11.3 Å². The summed E-state index contributed by atoms with van der Waals surface area (Å²) in [5.74, 6) is -1.22. The van der Waals surface area contributed by atoms with E-state index in [0.29, 0.717) is 24.4 Å². The third-order valence-electron chi connectivity index (χ3n) is 4.61. The van der Waals surface area contributed by atoms with Crippen molar-refractivity contribution in [2.75, 3.05) is 6.54 Å². The molecule has 11 heteroatoms. The van der Waals surface area contributed by atoms with Crippen molar-refractivity contribution in [2.45, 2.75) is 23.9 Å². The summed E-state index contributed by atoms with van der Waals surface area (Å²) in [5, 5.41) is 1.68. The molecule has 0 radical (unpaired) electrons. The molecule has 0 aliphatic carbocycles. The Morgan fingerprint density at radius 2 is 1.97 bits per heavy atom. The van der Waals surface area contributed by atoms with Crippen molar-refractivity contribution in [3.05, 3.63) is 60.0 Å². The summed E-state index contributed by atoms with van der Waals surface area (Å²) < 4.78 is 27.4. The van der Waals surface area contributed by atoms with Crippen molar-refractivity contribution >= 4 is 33.2 Å². The molecule has 0 bridgehead atoms. The normalized spacial score (nSPS) is 16.4. The van der Waals surface area contributed by atoms with Crippen molar-refractivity contribution in [3.8, 4) is 10.6 Å². The summed E-state index contributed by atoms with van der Waals surface area (Å²) >= 11 is 1.17. The van der Waals surface area contributed by atoms with Crippen LogP contribution in [0.1, 0.15) is 23.3 Å². The summed E-state index contributed by atoms with van der Waals surface area (Å²) in [5.41, 5.74) is 0.888. The topological polar surface area (TPSA) is 122 Å². The van der Waals surface area contributed by atoms with Gasteiger partial charge in [0.05, 0.1) is 6.20 Å². The van der Waals surface area contributed by atoms with Crippen molar-refractivity contribution in [1.29, 1.82) is 0 Å². The number of hydrogen-bond acceptors (Lipinski definition) is 8. The van der Waals surface area contributed by atoms with Crippen LogP contribution in [0.5, 0.6) is 0 Å². The van der Waals surface area contributed by atoms with Crippen LogP contribution in [0.4, 0.5) is 0 Å². The second-order valence-corrected chi connectivity index (χ2v) is 9.06. The Morgan fingerprint density at radius 1 is 1.17 bits per heavy atom. The van der Waals surface area contributed by atoms with Crippen LogP contribution in [0.3, 0.4) is 0 Å². The van der Waals surface area contributed by atoms with Gasteiger partial charge >= 0.3 is 0 Å². The minimum atomic E-state index is -4.16. The highest BCUT2D eigenvalue weighted by molar-refractivity contribution is 7.90. The molecule has 0 saturated carbocycles. The van der Waals surface area contributed by atoms with E-state index in [9.17, 15) is 18.0 Å². The molecule has 3 heterocycles. The predicted octanol–water partition coefficient (Wildman–Crippen LogP) is 1.71. The average molecular weight is 444 g/mol. The predicted molar refractivity (Wildman–Crippen MR) is 109 cm³/mol. The van der Waals surface area contributed by atoms with Crippen LogP contribution in [0.25, 0.3) is 10.6 Å². The van der Waals surface area contributed by atoms with Gasteiger partial charge in [0.1, 0.15) is 16.7 Å². The lowest BCUT2D eigenvalue weighted by Gasteiger charge is -2.23. The number of rotatable bonds is 5. The summed E-state index contributed by atoms with van der Waals surface area (Å²) in [6.07, 6.45) is 5.08. The lowest BCUT2D eigenvalue weighted by molar-refractivity contribution is -0.123. The molecule has 1 unspecified atom stereocenters. The SMILES string of the molecule is O=C(NS(=O)(=O)c1csc(-c2ccccc2)n1)C1CCCN1C(=O)c1cnccn1. The molecule has 1 saturated heterocycles. The zero-order chi connectivity index (χ0) is 21.1. The van der Waals surface area contributed by atoms with Crippen LogP contribution in [-0.4, -0.2) is 52.7 Å². The standard InChI is InChI=1S/C19H17N5O4S2/c25-17(15-7-4-10-24(15)19(26)14-11-20-8-9-21-14)23-30(27,28)16-12-29-18(22-16)13-5-2-1-3-6-13/h1-3,5-6,8-9,11-12,15H,4,7,10H2,(H,23,25). The first-order valence-corrected chi connectivity index (χ1v) is 11.5. The van der Waals surface area contributed by atoms with E-state index in [1.54, 1.807) is 0 Å². The Hall–Kier alpha value is -3.18. The summed E-state index contributed by atoms with van der Waals surface area (Å²) in [6.45, 7) is 0.336. The Labute approximate surface area is 176 Å². The second-order valence-electron chi connectivity index (χ2n) is 6.57. The second kappa shape index (κ2) is 8.28. The monoisotopic (exact) mass is 443 g/mol. The molecule has 30 heavy (non-hydrogen) atoms. The fourth-order valence-electron chi connectivity index (χ4n) is 3.19. The third kappa shape index (κ3) is 4.07. The molecule has 3 aromatic rings. The number of benzene rings is 1. The van der Waals surface area contributed by atoms with Gasteiger partial charge in [-0.25, -0.2) is 14.7 Å². The Bertz CT molecular complexity index is 1170. The molecule has 2 aromatic heterocycles. The van der Waals surface area contributed by atoms with E-state index >= 15 is 0 Å². The first-order valence-electron chi connectivity index (χ1n) is 9.10. The van der Waals surface area contributed by atoms with Crippen molar-refractivity contribution in [1.82, 2.24) is 24.6 Å². The summed E-state index contributed by atoms with van der Waals surface area (Å²) in [4.78, 5) is 38.6. The van der Waals surface area contributed by atoms with Gasteiger partial charge in [0, 0.05) is 29.9 Å². The lowest BCUT2D eigenvalue weighted by Crippen LogP contribution is -2.47. The number of carbonyl (C=O) groups excluding carboxylic acids is 2. The van der Waals surface area contributed by atoms with Crippen LogP contribution in [0.15, 0.2) is 59.3 Å². The smallest absolute Gasteiger partial charge is 0.282 e. The number of carbonyl (C=O) groups is 2. The van der Waals surface area contributed by atoms with Crippen LogP contribution in [-0.2, 0) is 14.8 Å². The molecule has 1 aliphatic rings. The minimum Gasteiger partial charge on any atom is -0.325 e. The zero-order valence-corrected chi connectivity index (χ0v) is 17.3. The van der Waals surface area contributed by atoms with Crippen LogP contribution < -0.4 is 4.72 Å². The van der Waals surface area contributed by atoms with Gasteiger partial charge in [-0.1, -0.05) is 30.3 Å². The fraction of sp³-hybridized carbons (Fsp3) is 0.211. The van der Waals surface area contributed by atoms with Crippen LogP contribution >= 0.6 is 11.3 Å². The van der Waals surface area contributed by atoms with Crippen molar-refractivity contribution < 1.29 is 18.0 Å². The number of amides is 2. The maximum atomic E-state index is 12.7. The maximum Gasteiger partial charge on any atom is 0.282 e.